The van der Waals surface area contributed by atoms with E-state index < -0.39 is 15.8 Å². The predicted octanol–water partition coefficient (Wildman–Crippen LogP) is 1.49. The van der Waals surface area contributed by atoms with Crippen molar-refractivity contribution in [3.8, 4) is 0 Å². The van der Waals surface area contributed by atoms with Crippen LogP contribution in [0.5, 0.6) is 0 Å². The Bertz CT molecular complexity index is 707. The highest BCUT2D eigenvalue weighted by atomic mass is 32.2. The number of hydrogen-bond donors (Lipinski definition) is 1. The van der Waals surface area contributed by atoms with Crippen LogP contribution in [0.2, 0.25) is 0 Å². The quantitative estimate of drug-likeness (QED) is 0.878. The van der Waals surface area contributed by atoms with Crippen molar-refractivity contribution in [1.29, 1.82) is 0 Å². The second-order valence-corrected chi connectivity index (χ2v) is 9.35. The van der Waals surface area contributed by atoms with Crippen LogP contribution in [-0.2, 0) is 9.84 Å². The number of hydrogen-bond acceptors (Lipinski definition) is 5. The van der Waals surface area contributed by atoms with Crippen molar-refractivity contribution in [2.75, 3.05) is 24.6 Å². The van der Waals surface area contributed by atoms with Gasteiger partial charge in [-0.25, -0.2) is 13.2 Å². The van der Waals surface area contributed by atoms with Gasteiger partial charge in [-0.3, -0.25) is 4.79 Å². The third kappa shape index (κ3) is 2.89. The number of amides is 1. The lowest BCUT2D eigenvalue weighted by atomic mass is 9.81. The summed E-state index contributed by atoms with van der Waals surface area (Å²) in [7, 11) is -2.91. The van der Waals surface area contributed by atoms with Crippen LogP contribution >= 0.6 is 11.3 Å². The van der Waals surface area contributed by atoms with Crippen LogP contribution in [-0.4, -0.2) is 54.9 Å². The Morgan fingerprint density at radius 1 is 1.23 bits per heavy atom. The Hall–Kier alpha value is -1.41. The van der Waals surface area contributed by atoms with Gasteiger partial charge in [0.1, 0.15) is 9.84 Å². The standard InChI is InChI=1S/C14H17NO5S2/c16-12(11-7-10(8-21-11)13(17)18)15-4-1-14(9-15)2-5-22(19,20)6-3-14/h7-8H,1-6,9H2,(H,17,18). The van der Waals surface area contributed by atoms with E-state index in [0.29, 0.717) is 30.8 Å². The zero-order valence-corrected chi connectivity index (χ0v) is 13.6. The molecule has 0 saturated carbocycles. The molecule has 0 aliphatic carbocycles. The van der Waals surface area contributed by atoms with Crippen molar-refractivity contribution >= 4 is 33.1 Å². The summed E-state index contributed by atoms with van der Waals surface area (Å²) in [6, 6.07) is 1.41. The highest BCUT2D eigenvalue weighted by molar-refractivity contribution is 7.91. The van der Waals surface area contributed by atoms with Gasteiger partial charge in [-0.1, -0.05) is 0 Å². The Morgan fingerprint density at radius 3 is 2.50 bits per heavy atom. The maximum absolute atomic E-state index is 12.5. The summed E-state index contributed by atoms with van der Waals surface area (Å²) in [5.41, 5.74) is 0.0550. The molecule has 1 N–H and O–H groups in total. The predicted molar refractivity (Wildman–Crippen MR) is 82.1 cm³/mol. The first kappa shape index (κ1) is 15.5. The second-order valence-electron chi connectivity index (χ2n) is 6.13. The molecule has 3 heterocycles. The third-order valence-corrected chi connectivity index (χ3v) is 7.24. The largest absolute Gasteiger partial charge is 0.478 e. The molecule has 1 spiro atoms. The van der Waals surface area contributed by atoms with Gasteiger partial charge < -0.3 is 10.0 Å². The van der Waals surface area contributed by atoms with E-state index in [0.717, 1.165) is 17.8 Å². The molecule has 8 heteroatoms. The van der Waals surface area contributed by atoms with Crippen molar-refractivity contribution in [2.24, 2.45) is 5.41 Å². The van der Waals surface area contributed by atoms with Gasteiger partial charge >= 0.3 is 5.97 Å². The number of carbonyl (C=O) groups is 2. The molecule has 2 aliphatic heterocycles. The molecular formula is C14H17NO5S2. The van der Waals surface area contributed by atoms with Crippen molar-refractivity contribution in [3.63, 3.8) is 0 Å². The Kier molecular flexibility index (Phi) is 3.76. The fourth-order valence-electron chi connectivity index (χ4n) is 3.20. The minimum Gasteiger partial charge on any atom is -0.478 e. The number of aromatic carboxylic acids is 1. The lowest BCUT2D eigenvalue weighted by Crippen LogP contribution is -2.37. The Morgan fingerprint density at radius 2 is 1.91 bits per heavy atom. The first-order chi connectivity index (χ1) is 10.3. The molecule has 2 fully saturated rings. The molecule has 1 amide bonds. The van der Waals surface area contributed by atoms with Gasteiger partial charge in [0.2, 0.25) is 0 Å². The zero-order chi connectivity index (χ0) is 16.0. The van der Waals surface area contributed by atoms with Gasteiger partial charge in [-0.2, -0.15) is 0 Å². The van der Waals surface area contributed by atoms with Crippen LogP contribution in [0.3, 0.4) is 0 Å². The molecule has 0 unspecified atom stereocenters. The summed E-state index contributed by atoms with van der Waals surface area (Å²) < 4.78 is 23.1. The van der Waals surface area contributed by atoms with Crippen LogP contribution in [0, 0.1) is 5.41 Å². The normalized spacial score (nSPS) is 22.8. The molecule has 2 aliphatic rings. The third-order valence-electron chi connectivity index (χ3n) is 4.67. The van der Waals surface area contributed by atoms with Crippen LogP contribution in [0.1, 0.15) is 39.3 Å². The highest BCUT2D eigenvalue weighted by Crippen LogP contribution is 2.41. The highest BCUT2D eigenvalue weighted by Gasteiger charge is 2.43. The molecule has 22 heavy (non-hydrogen) atoms. The van der Waals surface area contributed by atoms with Crippen LogP contribution in [0.4, 0.5) is 0 Å². The first-order valence-corrected chi connectivity index (χ1v) is 9.82. The van der Waals surface area contributed by atoms with Gasteiger partial charge in [-0.05, 0) is 30.7 Å². The molecule has 3 rings (SSSR count). The lowest BCUT2D eigenvalue weighted by molar-refractivity contribution is 0.0697. The minimum atomic E-state index is -2.91. The summed E-state index contributed by atoms with van der Waals surface area (Å²) >= 11 is 1.14. The molecule has 120 valence electrons. The van der Waals surface area contributed by atoms with Crippen LogP contribution in [0.15, 0.2) is 11.4 Å². The van der Waals surface area contributed by atoms with E-state index in [1.807, 2.05) is 0 Å². The summed E-state index contributed by atoms with van der Waals surface area (Å²) in [4.78, 5) is 25.5. The molecule has 0 radical (unpaired) electrons. The maximum atomic E-state index is 12.5. The van der Waals surface area contributed by atoms with E-state index in [4.69, 9.17) is 5.11 Å². The summed E-state index contributed by atoms with van der Waals surface area (Å²) in [6.07, 6.45) is 2.05. The van der Waals surface area contributed by atoms with E-state index in [2.05, 4.69) is 0 Å². The number of likely N-dealkylation sites (tertiary alicyclic amines) is 1. The molecule has 2 saturated heterocycles. The zero-order valence-electron chi connectivity index (χ0n) is 11.9. The summed E-state index contributed by atoms with van der Waals surface area (Å²) in [5.74, 6) is -0.775. The molecule has 1 aromatic heterocycles. The summed E-state index contributed by atoms with van der Waals surface area (Å²) in [5, 5.41) is 10.4. The fourth-order valence-corrected chi connectivity index (χ4v) is 5.74. The molecule has 0 atom stereocenters. The number of carboxylic acid groups (broad SMARTS) is 1. The first-order valence-electron chi connectivity index (χ1n) is 7.12. The lowest BCUT2D eigenvalue weighted by Gasteiger charge is -2.32. The molecule has 0 aromatic carbocycles. The van der Waals surface area contributed by atoms with Crippen LogP contribution in [0.25, 0.3) is 0 Å². The number of carboxylic acids is 1. The average Bonchev–Trinajstić information content (AvgIpc) is 3.10. The number of nitrogens with zero attached hydrogens (tertiary/aromatic N) is 1. The van der Waals surface area contributed by atoms with Crippen molar-refractivity contribution < 1.29 is 23.1 Å². The van der Waals surface area contributed by atoms with Crippen LogP contribution < -0.4 is 0 Å². The van der Waals surface area contributed by atoms with Crippen molar-refractivity contribution in [2.45, 2.75) is 19.3 Å². The number of carbonyl (C=O) groups excluding carboxylic acids is 1. The Balaban J connectivity index is 1.69. The van der Waals surface area contributed by atoms with E-state index in [9.17, 15) is 18.0 Å². The summed E-state index contributed by atoms with van der Waals surface area (Å²) in [6.45, 7) is 1.18. The maximum Gasteiger partial charge on any atom is 0.336 e. The minimum absolute atomic E-state index is 0.0755. The number of rotatable bonds is 2. The van der Waals surface area contributed by atoms with E-state index in [1.165, 1.54) is 11.4 Å². The topological polar surface area (TPSA) is 91.8 Å². The monoisotopic (exact) mass is 343 g/mol. The van der Waals surface area contributed by atoms with Gasteiger partial charge in [-0.15, -0.1) is 11.3 Å². The molecule has 6 nitrogen and oxygen atoms in total. The van der Waals surface area contributed by atoms with E-state index in [-0.39, 0.29) is 28.4 Å². The van der Waals surface area contributed by atoms with Gasteiger partial charge in [0.15, 0.2) is 0 Å². The van der Waals surface area contributed by atoms with E-state index >= 15 is 0 Å². The SMILES string of the molecule is O=C(O)c1csc(C(=O)N2CCC3(CCS(=O)(=O)CC3)C2)c1. The van der Waals surface area contributed by atoms with Gasteiger partial charge in [0.05, 0.1) is 21.9 Å². The molecular weight excluding hydrogens is 326 g/mol. The number of sulfone groups is 1. The second kappa shape index (κ2) is 5.34. The van der Waals surface area contributed by atoms with Crippen molar-refractivity contribution in [1.82, 2.24) is 4.90 Å². The van der Waals surface area contributed by atoms with E-state index in [1.54, 1.807) is 4.90 Å². The Labute approximate surface area is 132 Å². The molecule has 1 aromatic rings. The van der Waals surface area contributed by atoms with Gasteiger partial charge in [0.25, 0.3) is 5.91 Å². The number of thiophene rings is 1. The molecule has 0 bridgehead atoms. The van der Waals surface area contributed by atoms with Crippen molar-refractivity contribution in [3.05, 3.63) is 21.9 Å². The average molecular weight is 343 g/mol. The smallest absolute Gasteiger partial charge is 0.336 e. The fraction of sp³-hybridized carbons (Fsp3) is 0.571. The van der Waals surface area contributed by atoms with Gasteiger partial charge in [0, 0.05) is 18.5 Å².